The first-order chi connectivity index (χ1) is 8.95. The molecule has 1 rings (SSSR count). The highest BCUT2D eigenvalue weighted by Gasteiger charge is 2.28. The molecule has 1 fully saturated rings. The Hall–Kier alpha value is -1.59. The Bertz CT molecular complexity index is 349. The van der Waals surface area contributed by atoms with Gasteiger partial charge in [0.2, 0.25) is 11.8 Å². The smallest absolute Gasteiger partial charge is 0.307 e. The predicted octanol–water partition coefficient (Wildman–Crippen LogP) is 0.266. The van der Waals surface area contributed by atoms with Crippen LogP contribution in [0.2, 0.25) is 0 Å². The van der Waals surface area contributed by atoms with Crippen LogP contribution >= 0.6 is 0 Å². The van der Waals surface area contributed by atoms with E-state index in [0.717, 1.165) is 0 Å². The van der Waals surface area contributed by atoms with Crippen LogP contribution in [0.5, 0.6) is 0 Å². The van der Waals surface area contributed by atoms with E-state index in [1.807, 2.05) is 0 Å². The number of ether oxygens (including phenoxy) is 1. The van der Waals surface area contributed by atoms with Gasteiger partial charge in [-0.05, 0) is 12.8 Å². The minimum Gasteiger partial charge on any atom is -0.469 e. The molecule has 0 unspecified atom stereocenters. The van der Waals surface area contributed by atoms with Crippen LogP contribution in [0.4, 0.5) is 0 Å². The summed E-state index contributed by atoms with van der Waals surface area (Å²) in [5.74, 6) is -0.249. The summed E-state index contributed by atoms with van der Waals surface area (Å²) < 4.78 is 4.55. The van der Waals surface area contributed by atoms with Crippen LogP contribution in [-0.4, -0.2) is 61.4 Å². The van der Waals surface area contributed by atoms with Crippen molar-refractivity contribution in [1.29, 1.82) is 0 Å². The van der Waals surface area contributed by atoms with Gasteiger partial charge in [-0.15, -0.1) is 0 Å². The Morgan fingerprint density at radius 3 is 2.32 bits per heavy atom. The molecule has 1 aliphatic rings. The van der Waals surface area contributed by atoms with E-state index in [9.17, 15) is 14.4 Å². The number of esters is 1. The Balaban J connectivity index is 2.37. The first kappa shape index (κ1) is 15.5. The molecule has 0 N–H and O–H groups in total. The highest BCUT2D eigenvalue weighted by Crippen LogP contribution is 2.19. The van der Waals surface area contributed by atoms with E-state index in [1.165, 1.54) is 7.11 Å². The second-order valence-electron chi connectivity index (χ2n) is 4.87. The monoisotopic (exact) mass is 270 g/mol. The first-order valence-corrected chi connectivity index (χ1v) is 6.53. The molecule has 0 bridgehead atoms. The van der Waals surface area contributed by atoms with Crippen molar-refractivity contribution in [2.45, 2.75) is 26.2 Å². The van der Waals surface area contributed by atoms with Gasteiger partial charge in [0.25, 0.3) is 0 Å². The molecule has 1 aliphatic heterocycles. The van der Waals surface area contributed by atoms with E-state index in [2.05, 4.69) is 4.74 Å². The summed E-state index contributed by atoms with van der Waals surface area (Å²) in [6.07, 6.45) is 1.60. The molecule has 0 spiro atoms. The van der Waals surface area contributed by atoms with Gasteiger partial charge in [0, 0.05) is 39.5 Å². The number of likely N-dealkylation sites (tertiary alicyclic amines) is 1. The summed E-state index contributed by atoms with van der Waals surface area (Å²) in [5, 5.41) is 0. The van der Waals surface area contributed by atoms with Gasteiger partial charge in [-0.2, -0.15) is 0 Å². The fourth-order valence-corrected chi connectivity index (χ4v) is 2.22. The third kappa shape index (κ3) is 4.54. The van der Waals surface area contributed by atoms with E-state index in [0.29, 0.717) is 32.5 Å². The maximum absolute atomic E-state index is 12.1. The topological polar surface area (TPSA) is 66.9 Å². The number of hydrogen-bond acceptors (Lipinski definition) is 4. The van der Waals surface area contributed by atoms with Crippen molar-refractivity contribution >= 4 is 17.8 Å². The average Bonchev–Trinajstić information content (AvgIpc) is 2.43. The summed E-state index contributed by atoms with van der Waals surface area (Å²) in [6, 6.07) is 0. The molecule has 0 aromatic rings. The van der Waals surface area contributed by atoms with Gasteiger partial charge < -0.3 is 14.5 Å². The lowest BCUT2D eigenvalue weighted by atomic mass is 9.95. The molecule has 1 saturated heterocycles. The van der Waals surface area contributed by atoms with Gasteiger partial charge in [-0.25, -0.2) is 0 Å². The summed E-state index contributed by atoms with van der Waals surface area (Å²) in [5.41, 5.74) is 0. The molecule has 0 saturated carbocycles. The maximum atomic E-state index is 12.1. The lowest BCUT2D eigenvalue weighted by Crippen LogP contribution is -2.43. The maximum Gasteiger partial charge on any atom is 0.307 e. The highest BCUT2D eigenvalue weighted by atomic mass is 16.5. The van der Waals surface area contributed by atoms with Crippen molar-refractivity contribution < 1.29 is 19.1 Å². The van der Waals surface area contributed by atoms with Crippen LogP contribution < -0.4 is 0 Å². The van der Waals surface area contributed by atoms with Crippen molar-refractivity contribution in [3.63, 3.8) is 0 Å². The molecule has 0 aliphatic carbocycles. The van der Waals surface area contributed by atoms with Gasteiger partial charge in [0.05, 0.1) is 13.5 Å². The zero-order valence-electron chi connectivity index (χ0n) is 11.8. The van der Waals surface area contributed by atoms with Gasteiger partial charge in [0.1, 0.15) is 0 Å². The second kappa shape index (κ2) is 7.11. The first-order valence-electron chi connectivity index (χ1n) is 6.53. The molecule has 108 valence electrons. The van der Waals surface area contributed by atoms with E-state index < -0.39 is 0 Å². The van der Waals surface area contributed by atoms with Crippen LogP contribution in [0, 0.1) is 5.92 Å². The Kier molecular flexibility index (Phi) is 5.79. The SMILES string of the molecule is COC(=O)CCN(C)C(=O)C1CCN(C(C)=O)CC1. The van der Waals surface area contributed by atoms with Crippen molar-refractivity contribution in [3.05, 3.63) is 0 Å². The van der Waals surface area contributed by atoms with Crippen LogP contribution in [0.15, 0.2) is 0 Å². The van der Waals surface area contributed by atoms with Gasteiger partial charge >= 0.3 is 5.97 Å². The lowest BCUT2D eigenvalue weighted by molar-refractivity contribution is -0.143. The molecule has 0 aromatic carbocycles. The molecule has 6 heteroatoms. The average molecular weight is 270 g/mol. The number of methoxy groups -OCH3 is 1. The van der Waals surface area contributed by atoms with Crippen molar-refractivity contribution in [2.24, 2.45) is 5.92 Å². The molecule has 6 nitrogen and oxygen atoms in total. The predicted molar refractivity (Wildman–Crippen MR) is 69.2 cm³/mol. The largest absolute Gasteiger partial charge is 0.469 e. The van der Waals surface area contributed by atoms with Crippen LogP contribution in [0.1, 0.15) is 26.2 Å². The third-order valence-corrected chi connectivity index (χ3v) is 3.54. The third-order valence-electron chi connectivity index (χ3n) is 3.54. The number of piperidine rings is 1. The Morgan fingerprint density at radius 1 is 1.26 bits per heavy atom. The lowest BCUT2D eigenvalue weighted by Gasteiger charge is -2.32. The molecule has 2 amide bonds. The van der Waals surface area contributed by atoms with Crippen molar-refractivity contribution in [1.82, 2.24) is 9.80 Å². The molecule has 0 aromatic heterocycles. The highest BCUT2D eigenvalue weighted by molar-refractivity contribution is 5.80. The Labute approximate surface area is 113 Å². The number of carbonyl (C=O) groups excluding carboxylic acids is 3. The summed E-state index contributed by atoms with van der Waals surface area (Å²) in [7, 11) is 3.03. The number of hydrogen-bond donors (Lipinski definition) is 0. The fourth-order valence-electron chi connectivity index (χ4n) is 2.22. The van der Waals surface area contributed by atoms with Gasteiger partial charge in [-0.3, -0.25) is 14.4 Å². The number of nitrogens with zero attached hydrogens (tertiary/aromatic N) is 2. The number of rotatable bonds is 4. The van der Waals surface area contributed by atoms with Crippen LogP contribution in [-0.2, 0) is 19.1 Å². The van der Waals surface area contributed by atoms with E-state index >= 15 is 0 Å². The quantitative estimate of drug-likeness (QED) is 0.688. The van der Waals surface area contributed by atoms with E-state index in [1.54, 1.807) is 23.8 Å². The van der Waals surface area contributed by atoms with Crippen LogP contribution in [0.25, 0.3) is 0 Å². The number of carbonyl (C=O) groups is 3. The molecule has 0 radical (unpaired) electrons. The van der Waals surface area contributed by atoms with Crippen LogP contribution in [0.3, 0.4) is 0 Å². The molecular weight excluding hydrogens is 248 g/mol. The summed E-state index contributed by atoms with van der Waals surface area (Å²) >= 11 is 0. The van der Waals surface area contributed by atoms with E-state index in [-0.39, 0.29) is 30.1 Å². The normalized spacial score (nSPS) is 16.1. The summed E-state index contributed by atoms with van der Waals surface area (Å²) in [4.78, 5) is 37.7. The van der Waals surface area contributed by atoms with Gasteiger partial charge in [-0.1, -0.05) is 0 Å². The zero-order valence-corrected chi connectivity index (χ0v) is 11.8. The van der Waals surface area contributed by atoms with Crippen molar-refractivity contribution in [3.8, 4) is 0 Å². The van der Waals surface area contributed by atoms with Crippen molar-refractivity contribution in [2.75, 3.05) is 33.8 Å². The zero-order chi connectivity index (χ0) is 14.4. The molecule has 1 heterocycles. The molecular formula is C13H22N2O4. The fraction of sp³-hybridized carbons (Fsp3) is 0.769. The van der Waals surface area contributed by atoms with Gasteiger partial charge in [0.15, 0.2) is 0 Å². The van der Waals surface area contributed by atoms with E-state index in [4.69, 9.17) is 0 Å². The summed E-state index contributed by atoms with van der Waals surface area (Å²) in [6.45, 7) is 3.19. The minimum absolute atomic E-state index is 0.0433. The molecule has 19 heavy (non-hydrogen) atoms. The number of amides is 2. The Morgan fingerprint density at radius 2 is 1.84 bits per heavy atom. The molecule has 0 atom stereocenters. The second-order valence-corrected chi connectivity index (χ2v) is 4.87. The minimum atomic E-state index is -0.314. The standard InChI is InChI=1S/C13H22N2O4/c1-10(16)15-8-4-11(5-9-15)13(18)14(2)7-6-12(17)19-3/h11H,4-9H2,1-3H3.